The minimum absolute atomic E-state index is 0.0310. The first-order valence-electron chi connectivity index (χ1n) is 9.23. The summed E-state index contributed by atoms with van der Waals surface area (Å²) in [6, 6.07) is 14.6. The Kier molecular flexibility index (Phi) is 6.43. The predicted octanol–water partition coefficient (Wildman–Crippen LogP) is 4.58. The zero-order chi connectivity index (χ0) is 21.0. The van der Waals surface area contributed by atoms with Gasteiger partial charge in [0.05, 0.1) is 11.4 Å². The number of nitrogens with one attached hydrogen (secondary N) is 2. The minimum atomic E-state index is -0.347. The summed E-state index contributed by atoms with van der Waals surface area (Å²) in [5.74, 6) is -0.0841. The summed E-state index contributed by atoms with van der Waals surface area (Å²) >= 11 is 3.43. The molecule has 29 heavy (non-hydrogen) atoms. The Bertz CT molecular complexity index is 1030. The van der Waals surface area contributed by atoms with Crippen LogP contribution < -0.4 is 10.6 Å². The molecule has 0 fully saturated rings. The summed E-state index contributed by atoms with van der Waals surface area (Å²) in [6.45, 7) is 5.78. The summed E-state index contributed by atoms with van der Waals surface area (Å²) in [4.78, 5) is 24.5. The number of hydrogen-bond donors (Lipinski definition) is 2. The standard InChI is InChI=1S/C21H22BrN5O2/c1-13(2)11-19(28)23-16-7-9-17(10-8-16)24-21(29)20-14(3)27(26-25-20)18-6-4-5-15(22)12-18/h4-10,12-13H,11H2,1-3H3,(H,23,28)(H,24,29). The zero-order valence-electron chi connectivity index (χ0n) is 16.4. The highest BCUT2D eigenvalue weighted by molar-refractivity contribution is 9.10. The lowest BCUT2D eigenvalue weighted by molar-refractivity contribution is -0.116. The molecule has 0 aliphatic rings. The maximum absolute atomic E-state index is 12.6. The van der Waals surface area contributed by atoms with Crippen molar-refractivity contribution in [3.05, 3.63) is 64.4 Å². The number of amides is 2. The molecule has 3 aromatic rings. The molecule has 1 heterocycles. The van der Waals surface area contributed by atoms with E-state index >= 15 is 0 Å². The Balaban J connectivity index is 1.68. The van der Waals surface area contributed by atoms with Crippen molar-refractivity contribution >= 4 is 39.1 Å². The maximum Gasteiger partial charge on any atom is 0.278 e. The number of anilines is 2. The molecule has 2 aromatic carbocycles. The molecule has 0 unspecified atom stereocenters. The van der Waals surface area contributed by atoms with E-state index in [2.05, 4.69) is 36.9 Å². The van der Waals surface area contributed by atoms with Crippen LogP contribution in [0.1, 0.15) is 36.5 Å². The average molecular weight is 456 g/mol. The van der Waals surface area contributed by atoms with Crippen molar-refractivity contribution in [2.45, 2.75) is 27.2 Å². The van der Waals surface area contributed by atoms with E-state index in [1.165, 1.54) is 0 Å². The Hall–Kier alpha value is -3.00. The quantitative estimate of drug-likeness (QED) is 0.569. The number of rotatable bonds is 6. The molecule has 0 saturated heterocycles. The van der Waals surface area contributed by atoms with Crippen molar-refractivity contribution in [2.75, 3.05) is 10.6 Å². The van der Waals surface area contributed by atoms with Gasteiger partial charge in [-0.15, -0.1) is 5.10 Å². The molecule has 150 valence electrons. The molecule has 0 aliphatic carbocycles. The van der Waals surface area contributed by atoms with Crippen LogP contribution in [0.3, 0.4) is 0 Å². The van der Waals surface area contributed by atoms with Crippen LogP contribution in [0.25, 0.3) is 5.69 Å². The molecular formula is C21H22BrN5O2. The first-order valence-corrected chi connectivity index (χ1v) is 10.0. The molecule has 0 saturated carbocycles. The van der Waals surface area contributed by atoms with E-state index in [1.807, 2.05) is 38.1 Å². The lowest BCUT2D eigenvalue weighted by atomic mass is 10.1. The van der Waals surface area contributed by atoms with Crippen LogP contribution in [-0.2, 0) is 4.79 Å². The average Bonchev–Trinajstić information content (AvgIpc) is 3.04. The Morgan fingerprint density at radius 2 is 1.72 bits per heavy atom. The number of benzene rings is 2. The molecule has 0 spiro atoms. The van der Waals surface area contributed by atoms with Gasteiger partial charge in [-0.3, -0.25) is 9.59 Å². The molecule has 8 heteroatoms. The van der Waals surface area contributed by atoms with Crippen molar-refractivity contribution in [2.24, 2.45) is 5.92 Å². The highest BCUT2D eigenvalue weighted by atomic mass is 79.9. The van der Waals surface area contributed by atoms with E-state index in [1.54, 1.807) is 35.9 Å². The summed E-state index contributed by atoms with van der Waals surface area (Å²) < 4.78 is 2.53. The van der Waals surface area contributed by atoms with E-state index in [9.17, 15) is 9.59 Å². The number of nitrogens with zero attached hydrogens (tertiary/aromatic N) is 3. The van der Waals surface area contributed by atoms with Crippen LogP contribution in [0, 0.1) is 12.8 Å². The lowest BCUT2D eigenvalue weighted by Gasteiger charge is -2.09. The normalized spacial score (nSPS) is 10.8. The minimum Gasteiger partial charge on any atom is -0.326 e. The van der Waals surface area contributed by atoms with Gasteiger partial charge >= 0.3 is 0 Å². The molecule has 7 nitrogen and oxygen atoms in total. The van der Waals surface area contributed by atoms with Gasteiger partial charge in [0.2, 0.25) is 5.91 Å². The smallest absolute Gasteiger partial charge is 0.278 e. The number of hydrogen-bond acceptors (Lipinski definition) is 4. The SMILES string of the molecule is Cc1c(C(=O)Nc2ccc(NC(=O)CC(C)C)cc2)nnn1-c1cccc(Br)c1. The van der Waals surface area contributed by atoms with Crippen molar-refractivity contribution in [3.8, 4) is 5.69 Å². The molecule has 1 aromatic heterocycles. The van der Waals surface area contributed by atoms with Gasteiger partial charge < -0.3 is 10.6 Å². The van der Waals surface area contributed by atoms with E-state index < -0.39 is 0 Å². The van der Waals surface area contributed by atoms with Gasteiger partial charge in [-0.25, -0.2) is 4.68 Å². The van der Waals surface area contributed by atoms with Crippen LogP contribution in [-0.4, -0.2) is 26.8 Å². The molecule has 3 rings (SSSR count). The summed E-state index contributed by atoms with van der Waals surface area (Å²) in [5, 5.41) is 13.8. The highest BCUT2D eigenvalue weighted by Gasteiger charge is 2.17. The second kappa shape index (κ2) is 9.00. The van der Waals surface area contributed by atoms with Gasteiger partial charge in [-0.2, -0.15) is 0 Å². The number of carbonyl (C=O) groups is 2. The molecule has 2 N–H and O–H groups in total. The first kappa shape index (κ1) is 20.7. The van der Waals surface area contributed by atoms with Crippen LogP contribution in [0.5, 0.6) is 0 Å². The van der Waals surface area contributed by atoms with Gasteiger partial charge in [0.1, 0.15) is 0 Å². The third-order valence-electron chi connectivity index (χ3n) is 4.18. The molecule has 0 aliphatic heterocycles. The topological polar surface area (TPSA) is 88.9 Å². The number of halogens is 1. The summed E-state index contributed by atoms with van der Waals surface area (Å²) in [5.41, 5.74) is 2.99. The first-order chi connectivity index (χ1) is 13.8. The van der Waals surface area contributed by atoms with E-state index in [0.29, 0.717) is 29.4 Å². The van der Waals surface area contributed by atoms with Crippen LogP contribution in [0.15, 0.2) is 53.0 Å². The molecule has 2 amide bonds. The van der Waals surface area contributed by atoms with Crippen LogP contribution in [0.4, 0.5) is 11.4 Å². The maximum atomic E-state index is 12.6. The van der Waals surface area contributed by atoms with E-state index in [4.69, 9.17) is 0 Å². The molecule has 0 bridgehead atoms. The van der Waals surface area contributed by atoms with E-state index in [0.717, 1.165) is 10.2 Å². The second-order valence-electron chi connectivity index (χ2n) is 7.09. The Morgan fingerprint density at radius 1 is 1.07 bits per heavy atom. The van der Waals surface area contributed by atoms with Gasteiger partial charge in [0.25, 0.3) is 5.91 Å². The number of carbonyl (C=O) groups excluding carboxylic acids is 2. The fourth-order valence-corrected chi connectivity index (χ4v) is 3.19. The highest BCUT2D eigenvalue weighted by Crippen LogP contribution is 2.19. The number of aromatic nitrogens is 3. The summed E-state index contributed by atoms with van der Waals surface area (Å²) in [6.07, 6.45) is 0.464. The molecular weight excluding hydrogens is 434 g/mol. The fraction of sp³-hybridized carbons (Fsp3) is 0.238. The third-order valence-corrected chi connectivity index (χ3v) is 4.68. The molecule has 0 atom stereocenters. The van der Waals surface area contributed by atoms with Gasteiger partial charge in [0, 0.05) is 22.3 Å². The Labute approximate surface area is 177 Å². The molecule has 0 radical (unpaired) electrons. The van der Waals surface area contributed by atoms with Crippen molar-refractivity contribution in [3.63, 3.8) is 0 Å². The van der Waals surface area contributed by atoms with Gasteiger partial charge in [-0.1, -0.05) is 41.1 Å². The zero-order valence-corrected chi connectivity index (χ0v) is 18.0. The third kappa shape index (κ3) is 5.29. The monoisotopic (exact) mass is 455 g/mol. The fourth-order valence-electron chi connectivity index (χ4n) is 2.80. The lowest BCUT2D eigenvalue weighted by Crippen LogP contribution is -2.15. The second-order valence-corrected chi connectivity index (χ2v) is 8.01. The van der Waals surface area contributed by atoms with Gasteiger partial charge in [-0.05, 0) is 55.3 Å². The van der Waals surface area contributed by atoms with Crippen LogP contribution in [0.2, 0.25) is 0 Å². The predicted molar refractivity (Wildman–Crippen MR) is 116 cm³/mol. The Morgan fingerprint density at radius 3 is 2.34 bits per heavy atom. The van der Waals surface area contributed by atoms with Gasteiger partial charge in [0.15, 0.2) is 5.69 Å². The van der Waals surface area contributed by atoms with E-state index in [-0.39, 0.29) is 17.5 Å². The largest absolute Gasteiger partial charge is 0.326 e. The van der Waals surface area contributed by atoms with Crippen molar-refractivity contribution in [1.29, 1.82) is 0 Å². The summed E-state index contributed by atoms with van der Waals surface area (Å²) in [7, 11) is 0. The van der Waals surface area contributed by atoms with Crippen molar-refractivity contribution < 1.29 is 9.59 Å². The van der Waals surface area contributed by atoms with Crippen molar-refractivity contribution in [1.82, 2.24) is 15.0 Å². The van der Waals surface area contributed by atoms with Crippen LogP contribution >= 0.6 is 15.9 Å².